The highest BCUT2D eigenvalue weighted by Crippen LogP contribution is 2.57. The molecule has 0 aromatic heterocycles. The van der Waals surface area contributed by atoms with Crippen LogP contribution in [-0.4, -0.2) is 109 Å². The van der Waals surface area contributed by atoms with Crippen LogP contribution in [0.5, 0.6) is 34.5 Å². The summed E-state index contributed by atoms with van der Waals surface area (Å²) in [6.45, 7) is 6.43. The zero-order chi connectivity index (χ0) is 42.0. The van der Waals surface area contributed by atoms with Crippen LogP contribution in [0.2, 0.25) is 0 Å². The molecule has 7 rings (SSSR count). The number of aliphatic carboxylic acids is 1. The van der Waals surface area contributed by atoms with Crippen molar-refractivity contribution in [2.75, 3.05) is 40.2 Å². The highest BCUT2D eigenvalue weighted by atomic mass is 17.2. The van der Waals surface area contributed by atoms with Gasteiger partial charge >= 0.3 is 11.9 Å². The Morgan fingerprint density at radius 2 is 1.78 bits per heavy atom. The van der Waals surface area contributed by atoms with E-state index in [9.17, 15) is 24.9 Å². The summed E-state index contributed by atoms with van der Waals surface area (Å²) >= 11 is 0. The highest BCUT2D eigenvalue weighted by molar-refractivity contribution is 5.90. The lowest BCUT2D eigenvalue weighted by molar-refractivity contribution is -0.373. The Kier molecular flexibility index (Phi) is 13.0. The van der Waals surface area contributed by atoms with E-state index in [1.165, 1.54) is 0 Å². The van der Waals surface area contributed by atoms with E-state index < -0.39 is 67.8 Å². The molecule has 3 aromatic rings. The molecule has 17 heteroatoms. The van der Waals surface area contributed by atoms with Crippen LogP contribution in [-0.2, 0) is 47.9 Å². The van der Waals surface area contributed by atoms with Crippen LogP contribution in [0, 0.1) is 5.92 Å². The monoisotopic (exact) mass is 824 g/mol. The minimum atomic E-state index is -1.71. The molecule has 0 bridgehead atoms. The quantitative estimate of drug-likeness (QED) is 0.0497. The number of aliphatic hydroxyl groups excluding tert-OH is 2. The number of carboxylic acids is 1. The smallest absolute Gasteiger partial charge is 0.317 e. The van der Waals surface area contributed by atoms with Gasteiger partial charge in [0.05, 0.1) is 19.1 Å². The molecular formula is C42H52N2O15. The van der Waals surface area contributed by atoms with E-state index in [0.717, 1.165) is 28.0 Å². The Morgan fingerprint density at radius 1 is 0.983 bits per heavy atom. The molecule has 0 radical (unpaired) electrons. The fourth-order valence-electron chi connectivity index (χ4n) is 7.86. The average Bonchev–Trinajstić information content (AvgIpc) is 3.82. The average molecular weight is 825 g/mol. The van der Waals surface area contributed by atoms with Crippen molar-refractivity contribution in [3.05, 3.63) is 69.8 Å². The van der Waals surface area contributed by atoms with Crippen LogP contribution in [0.25, 0.3) is 0 Å². The maximum absolute atomic E-state index is 12.0. The Morgan fingerprint density at radius 3 is 2.53 bits per heavy atom. The lowest BCUT2D eigenvalue weighted by atomic mass is 9.86. The van der Waals surface area contributed by atoms with Gasteiger partial charge in [0.1, 0.15) is 54.7 Å². The second-order valence-corrected chi connectivity index (χ2v) is 15.7. The van der Waals surface area contributed by atoms with Gasteiger partial charge in [-0.1, -0.05) is 26.8 Å². The molecule has 4 heterocycles. The summed E-state index contributed by atoms with van der Waals surface area (Å²) in [6.07, 6.45) is -7.27. The van der Waals surface area contributed by atoms with Crippen molar-refractivity contribution >= 4 is 11.9 Å². The first kappa shape index (κ1) is 42.3. The second-order valence-electron chi connectivity index (χ2n) is 15.7. The number of aryl methyl sites for hydroxylation is 1. The third-order valence-corrected chi connectivity index (χ3v) is 10.7. The van der Waals surface area contributed by atoms with Crippen LogP contribution < -0.4 is 34.9 Å². The standard InChI is InChI=1S/C42H52N2O15/c1-5-21-7-22(10-25(45)9-21)8-23-11-31-27(39-29(17-51-31)26-12-32-40(55-19-54-32)28(6-20(2)3)38(26)57-39)13-30(23)58-59-41-37(50)36(49)33(18-52-35(48)14-34(46)47)56-42(41)53-16-24(43)15-44-4/h7,9-13,20,24,29,33,36-37,39,41-42,44-45,49-50H,5-6,8,14-19,43H2,1-4H3,(H,46,47)/t24-,29-,33-,36-,37+,39-,41-,42-/m1/s1. The number of aliphatic hydroxyl groups is 2. The highest BCUT2D eigenvalue weighted by Gasteiger charge is 2.49. The normalized spacial score (nSPS) is 24.4. The Labute approximate surface area is 341 Å². The van der Waals surface area contributed by atoms with Gasteiger partial charge in [-0.25, -0.2) is 0 Å². The van der Waals surface area contributed by atoms with Gasteiger partial charge < -0.3 is 69.5 Å². The molecule has 1 fully saturated rings. The molecule has 3 aromatic carbocycles. The van der Waals surface area contributed by atoms with Gasteiger partial charge in [0.15, 0.2) is 29.6 Å². The summed E-state index contributed by atoms with van der Waals surface area (Å²) in [5.41, 5.74) is 11.1. The molecule has 0 aliphatic carbocycles. The molecule has 1 saturated heterocycles. The number of nitrogens with two attached hydrogens (primary N) is 1. The Balaban J connectivity index is 1.20. The summed E-state index contributed by atoms with van der Waals surface area (Å²) in [5, 5.41) is 45.0. The molecule has 7 N–H and O–H groups in total. The third-order valence-electron chi connectivity index (χ3n) is 10.7. The summed E-state index contributed by atoms with van der Waals surface area (Å²) in [7, 11) is 1.72. The van der Waals surface area contributed by atoms with Crippen LogP contribution in [0.15, 0.2) is 36.4 Å². The Bertz CT molecular complexity index is 2010. The van der Waals surface area contributed by atoms with Crippen molar-refractivity contribution in [3.8, 4) is 34.5 Å². The number of phenolic OH excluding ortho intramolecular Hbond substituents is 1. The second kappa shape index (κ2) is 18.2. The van der Waals surface area contributed by atoms with Gasteiger partial charge in [0.25, 0.3) is 0 Å². The van der Waals surface area contributed by atoms with Gasteiger partial charge in [0, 0.05) is 41.3 Å². The van der Waals surface area contributed by atoms with E-state index in [4.69, 9.17) is 53.8 Å². The number of likely N-dealkylation sites (N-methyl/N-ethyl adjacent to an activating group) is 1. The molecule has 4 aliphatic rings. The van der Waals surface area contributed by atoms with E-state index >= 15 is 0 Å². The number of carboxylic acid groups (broad SMARTS) is 1. The number of aromatic hydroxyl groups is 1. The molecule has 59 heavy (non-hydrogen) atoms. The Hall–Kier alpha value is -4.88. The molecule has 17 nitrogen and oxygen atoms in total. The van der Waals surface area contributed by atoms with E-state index in [-0.39, 0.29) is 37.2 Å². The van der Waals surface area contributed by atoms with Crippen LogP contribution in [0.4, 0.5) is 0 Å². The number of hydrogen-bond acceptors (Lipinski definition) is 16. The zero-order valence-corrected chi connectivity index (χ0v) is 33.4. The number of carbonyl (C=O) groups is 2. The zero-order valence-electron chi connectivity index (χ0n) is 33.4. The van der Waals surface area contributed by atoms with Gasteiger partial charge in [-0.15, -0.1) is 0 Å². The van der Waals surface area contributed by atoms with Crippen molar-refractivity contribution < 1.29 is 72.9 Å². The number of rotatable bonds is 17. The van der Waals surface area contributed by atoms with Crippen LogP contribution >= 0.6 is 0 Å². The van der Waals surface area contributed by atoms with Crippen molar-refractivity contribution in [2.45, 2.75) is 95.2 Å². The SMILES string of the molecule is CCc1cc(O)cc(Cc2cc3c(cc2OO[C@H]2[C@H](OC[C@H](N)CNC)O[C@H](COC(=O)CC(=O)O)[C@@H](O)[C@@H]2O)[C@H]2Oc4c(cc5c(c4CC(C)C)OCO5)[C@H]2CO3)c1. The number of nitrogens with one attached hydrogen (secondary N) is 1. The number of benzene rings is 3. The van der Waals surface area contributed by atoms with E-state index in [2.05, 4.69) is 19.2 Å². The summed E-state index contributed by atoms with van der Waals surface area (Å²) < 4.78 is 41.9. The number of phenols is 1. The lowest BCUT2D eigenvalue weighted by Gasteiger charge is -2.41. The number of fused-ring (bicyclic) bond motifs is 6. The summed E-state index contributed by atoms with van der Waals surface area (Å²) in [5.74, 6) is 0.654. The first-order valence-electron chi connectivity index (χ1n) is 19.8. The molecule has 0 spiro atoms. The molecule has 0 unspecified atom stereocenters. The molecule has 320 valence electrons. The predicted octanol–water partition coefficient (Wildman–Crippen LogP) is 2.79. The molecule has 0 amide bonds. The largest absolute Gasteiger partial charge is 0.508 e. The maximum Gasteiger partial charge on any atom is 0.317 e. The van der Waals surface area contributed by atoms with Gasteiger partial charge in [-0.3, -0.25) is 9.59 Å². The first-order chi connectivity index (χ1) is 28.3. The van der Waals surface area contributed by atoms with Crippen molar-refractivity contribution in [1.82, 2.24) is 5.32 Å². The van der Waals surface area contributed by atoms with E-state index in [1.54, 1.807) is 25.2 Å². The number of hydrogen-bond donors (Lipinski definition) is 6. The van der Waals surface area contributed by atoms with Crippen molar-refractivity contribution in [3.63, 3.8) is 0 Å². The van der Waals surface area contributed by atoms with Gasteiger partial charge in [0.2, 0.25) is 6.79 Å². The molecule has 8 atom stereocenters. The molecule has 0 saturated carbocycles. The minimum absolute atomic E-state index is 0.0718. The predicted molar refractivity (Wildman–Crippen MR) is 207 cm³/mol. The maximum atomic E-state index is 12.0. The summed E-state index contributed by atoms with van der Waals surface area (Å²) in [6, 6.07) is 10.4. The number of esters is 1. The van der Waals surface area contributed by atoms with Crippen LogP contribution in [0.3, 0.4) is 0 Å². The van der Waals surface area contributed by atoms with Crippen LogP contribution in [0.1, 0.15) is 72.6 Å². The molecule has 4 aliphatic heterocycles. The van der Waals surface area contributed by atoms with Crippen molar-refractivity contribution in [2.24, 2.45) is 11.7 Å². The van der Waals surface area contributed by atoms with Crippen molar-refractivity contribution in [1.29, 1.82) is 0 Å². The number of carbonyl (C=O) groups excluding carboxylic acids is 1. The van der Waals surface area contributed by atoms with Gasteiger partial charge in [-0.2, -0.15) is 4.89 Å². The lowest BCUT2D eigenvalue weighted by Crippen LogP contribution is -2.61. The van der Waals surface area contributed by atoms with E-state index in [0.29, 0.717) is 60.3 Å². The number of ether oxygens (including phenoxy) is 7. The van der Waals surface area contributed by atoms with Gasteiger partial charge in [-0.05, 0) is 67.3 Å². The first-order valence-corrected chi connectivity index (χ1v) is 19.8. The fourth-order valence-corrected chi connectivity index (χ4v) is 7.86. The third kappa shape index (κ3) is 9.31. The summed E-state index contributed by atoms with van der Waals surface area (Å²) in [4.78, 5) is 35.0. The topological polar surface area (TPSA) is 236 Å². The molecular weight excluding hydrogens is 772 g/mol. The van der Waals surface area contributed by atoms with E-state index in [1.807, 2.05) is 25.1 Å². The fraction of sp³-hybridized carbons (Fsp3) is 0.524. The minimum Gasteiger partial charge on any atom is -0.508 e.